The largest absolute Gasteiger partial charge is 0.372 e. The fraction of sp³-hybridized carbons (Fsp3) is 0.462. The first-order chi connectivity index (χ1) is 9.78. The second-order valence-corrected chi connectivity index (χ2v) is 5.50. The Balaban J connectivity index is 1.73. The van der Waals surface area contributed by atoms with Crippen LogP contribution in [-0.4, -0.2) is 29.3 Å². The summed E-state index contributed by atoms with van der Waals surface area (Å²) < 4.78 is 10.4. The molecule has 0 spiro atoms. The van der Waals surface area contributed by atoms with Crippen molar-refractivity contribution in [3.8, 4) is 10.8 Å². The van der Waals surface area contributed by atoms with E-state index in [1.165, 1.54) is 11.3 Å². The van der Waals surface area contributed by atoms with Crippen LogP contribution in [-0.2, 0) is 9.53 Å². The lowest BCUT2D eigenvalue weighted by molar-refractivity contribution is -0.120. The molecule has 1 aliphatic rings. The van der Waals surface area contributed by atoms with Gasteiger partial charge in [-0.2, -0.15) is 4.98 Å². The molecular weight excluding hydrogens is 278 g/mol. The zero-order valence-electron chi connectivity index (χ0n) is 11.1. The molecule has 0 aromatic carbocycles. The lowest BCUT2D eigenvalue weighted by Crippen LogP contribution is -2.18. The Kier molecular flexibility index (Phi) is 3.79. The van der Waals surface area contributed by atoms with E-state index in [0.717, 1.165) is 23.5 Å². The summed E-state index contributed by atoms with van der Waals surface area (Å²) in [7, 11) is 0. The Hall–Kier alpha value is -1.73. The molecule has 0 bridgehead atoms. The maximum atomic E-state index is 11.7. The van der Waals surface area contributed by atoms with Gasteiger partial charge < -0.3 is 14.6 Å². The van der Waals surface area contributed by atoms with Gasteiger partial charge in [0.1, 0.15) is 11.5 Å². The molecular formula is C13H15N3O3S. The first-order valence-electron chi connectivity index (χ1n) is 6.57. The van der Waals surface area contributed by atoms with Crippen molar-refractivity contribution in [2.24, 2.45) is 0 Å². The van der Waals surface area contributed by atoms with Crippen LogP contribution in [0.1, 0.15) is 31.5 Å². The molecule has 1 aliphatic carbocycles. The van der Waals surface area contributed by atoms with Crippen molar-refractivity contribution >= 4 is 22.9 Å². The molecule has 0 aliphatic heterocycles. The Morgan fingerprint density at radius 1 is 1.60 bits per heavy atom. The molecule has 1 N–H and O–H groups in total. The average Bonchev–Trinajstić information content (AvgIpc) is 3.00. The molecule has 1 amide bonds. The van der Waals surface area contributed by atoms with E-state index in [0.29, 0.717) is 24.1 Å². The van der Waals surface area contributed by atoms with Gasteiger partial charge in [-0.25, -0.2) is 0 Å². The third-order valence-electron chi connectivity index (χ3n) is 2.96. The summed E-state index contributed by atoms with van der Waals surface area (Å²) in [6, 6.07) is 1.82. The Bertz CT molecular complexity index is 604. The Morgan fingerprint density at radius 3 is 3.20 bits per heavy atom. The van der Waals surface area contributed by atoms with Gasteiger partial charge in [0.15, 0.2) is 5.82 Å². The molecule has 2 heterocycles. The van der Waals surface area contributed by atoms with Gasteiger partial charge in [-0.05, 0) is 31.2 Å². The standard InChI is InChI=1S/C13H15N3O3S/c1-2-18-7-10(17)14-9-5-6-20-11(9)13-15-12(16-19-13)8-3-4-8/h5-6,8H,2-4,7H2,1H3,(H,14,17). The molecule has 0 radical (unpaired) electrons. The van der Waals surface area contributed by atoms with Crippen LogP contribution in [0.2, 0.25) is 0 Å². The highest BCUT2D eigenvalue weighted by molar-refractivity contribution is 7.14. The normalized spacial score (nSPS) is 14.4. The predicted molar refractivity (Wildman–Crippen MR) is 74.7 cm³/mol. The van der Waals surface area contributed by atoms with Crippen LogP contribution in [0.5, 0.6) is 0 Å². The second kappa shape index (κ2) is 5.72. The molecule has 7 heteroatoms. The number of hydrogen-bond donors (Lipinski definition) is 1. The molecule has 0 atom stereocenters. The smallest absolute Gasteiger partial charge is 0.270 e. The van der Waals surface area contributed by atoms with E-state index < -0.39 is 0 Å². The Labute approximate surface area is 120 Å². The number of ether oxygens (including phenoxy) is 1. The summed E-state index contributed by atoms with van der Waals surface area (Å²) in [4.78, 5) is 16.9. The molecule has 6 nitrogen and oxygen atoms in total. The van der Waals surface area contributed by atoms with Gasteiger partial charge in [-0.15, -0.1) is 11.3 Å². The van der Waals surface area contributed by atoms with E-state index in [1.54, 1.807) is 0 Å². The summed E-state index contributed by atoms with van der Waals surface area (Å²) in [6.45, 7) is 2.41. The number of anilines is 1. The molecule has 106 valence electrons. The molecule has 20 heavy (non-hydrogen) atoms. The van der Waals surface area contributed by atoms with Crippen molar-refractivity contribution in [1.82, 2.24) is 10.1 Å². The minimum Gasteiger partial charge on any atom is -0.372 e. The topological polar surface area (TPSA) is 77.2 Å². The maximum absolute atomic E-state index is 11.7. The zero-order valence-corrected chi connectivity index (χ0v) is 11.9. The van der Waals surface area contributed by atoms with E-state index >= 15 is 0 Å². The summed E-state index contributed by atoms with van der Waals surface area (Å²) in [5.41, 5.74) is 0.686. The van der Waals surface area contributed by atoms with Crippen molar-refractivity contribution in [3.63, 3.8) is 0 Å². The van der Waals surface area contributed by atoms with Crippen LogP contribution in [0.25, 0.3) is 10.8 Å². The molecule has 1 fully saturated rings. The lowest BCUT2D eigenvalue weighted by atomic mass is 10.3. The summed E-state index contributed by atoms with van der Waals surface area (Å²) in [5, 5.41) is 8.67. The zero-order chi connectivity index (χ0) is 13.9. The van der Waals surface area contributed by atoms with E-state index in [-0.39, 0.29) is 12.5 Å². The van der Waals surface area contributed by atoms with Crippen LogP contribution in [0.3, 0.4) is 0 Å². The molecule has 2 aromatic rings. The van der Waals surface area contributed by atoms with Crippen LogP contribution in [0, 0.1) is 0 Å². The van der Waals surface area contributed by atoms with Crippen molar-refractivity contribution in [3.05, 3.63) is 17.3 Å². The number of hydrogen-bond acceptors (Lipinski definition) is 6. The van der Waals surface area contributed by atoms with Gasteiger partial charge in [0, 0.05) is 12.5 Å². The van der Waals surface area contributed by atoms with Gasteiger partial charge in [-0.3, -0.25) is 4.79 Å². The van der Waals surface area contributed by atoms with Crippen molar-refractivity contribution in [1.29, 1.82) is 0 Å². The van der Waals surface area contributed by atoms with Gasteiger partial charge in [0.25, 0.3) is 5.89 Å². The van der Waals surface area contributed by atoms with Gasteiger partial charge in [0.2, 0.25) is 5.91 Å². The first kappa shape index (κ1) is 13.3. The summed E-state index contributed by atoms with van der Waals surface area (Å²) >= 11 is 1.46. The minimum atomic E-state index is -0.187. The highest BCUT2D eigenvalue weighted by atomic mass is 32.1. The van der Waals surface area contributed by atoms with Crippen LogP contribution < -0.4 is 5.32 Å². The van der Waals surface area contributed by atoms with Gasteiger partial charge in [0.05, 0.1) is 5.69 Å². The molecule has 0 saturated heterocycles. The predicted octanol–water partition coefficient (Wildman–Crippen LogP) is 2.65. The fourth-order valence-corrected chi connectivity index (χ4v) is 2.56. The molecule has 1 saturated carbocycles. The van der Waals surface area contributed by atoms with E-state index in [4.69, 9.17) is 9.26 Å². The summed E-state index contributed by atoms with van der Waals surface area (Å²) in [6.07, 6.45) is 2.25. The van der Waals surface area contributed by atoms with Crippen molar-refractivity contribution in [2.45, 2.75) is 25.7 Å². The minimum absolute atomic E-state index is 0.0446. The maximum Gasteiger partial charge on any atom is 0.270 e. The van der Waals surface area contributed by atoms with Crippen LogP contribution in [0.4, 0.5) is 5.69 Å². The lowest BCUT2D eigenvalue weighted by Gasteiger charge is -2.04. The van der Waals surface area contributed by atoms with Gasteiger partial charge in [-0.1, -0.05) is 5.16 Å². The van der Waals surface area contributed by atoms with E-state index in [1.807, 2.05) is 18.4 Å². The fourth-order valence-electron chi connectivity index (χ4n) is 1.79. The highest BCUT2D eigenvalue weighted by Gasteiger charge is 2.29. The third-order valence-corrected chi connectivity index (χ3v) is 3.86. The number of amides is 1. The monoisotopic (exact) mass is 293 g/mol. The summed E-state index contributed by atoms with van der Waals surface area (Å²) in [5.74, 6) is 1.49. The number of thiophene rings is 1. The Morgan fingerprint density at radius 2 is 2.45 bits per heavy atom. The number of rotatable bonds is 6. The number of carbonyl (C=O) groups excluding carboxylic acids is 1. The number of nitrogens with zero attached hydrogens (tertiary/aromatic N) is 2. The van der Waals surface area contributed by atoms with Crippen LogP contribution >= 0.6 is 11.3 Å². The molecule has 3 rings (SSSR count). The molecule has 2 aromatic heterocycles. The van der Waals surface area contributed by atoms with E-state index in [9.17, 15) is 4.79 Å². The number of aromatic nitrogens is 2. The number of carbonyl (C=O) groups is 1. The quantitative estimate of drug-likeness (QED) is 0.886. The van der Waals surface area contributed by atoms with Crippen LogP contribution in [0.15, 0.2) is 16.0 Å². The highest BCUT2D eigenvalue weighted by Crippen LogP contribution is 2.40. The number of nitrogens with one attached hydrogen (secondary N) is 1. The first-order valence-corrected chi connectivity index (χ1v) is 7.45. The van der Waals surface area contributed by atoms with Gasteiger partial charge >= 0.3 is 0 Å². The third kappa shape index (κ3) is 2.88. The average molecular weight is 293 g/mol. The van der Waals surface area contributed by atoms with E-state index in [2.05, 4.69) is 15.5 Å². The second-order valence-electron chi connectivity index (χ2n) is 4.58. The SMILES string of the molecule is CCOCC(=O)Nc1ccsc1-c1nc(C2CC2)no1. The molecule has 0 unspecified atom stereocenters. The van der Waals surface area contributed by atoms with Crippen molar-refractivity contribution < 1.29 is 14.1 Å². The van der Waals surface area contributed by atoms with Crippen molar-refractivity contribution in [2.75, 3.05) is 18.5 Å².